The molecule has 1 aliphatic carbocycles. The summed E-state index contributed by atoms with van der Waals surface area (Å²) in [4.78, 5) is 0. The van der Waals surface area contributed by atoms with Gasteiger partial charge in [-0.25, -0.2) is 0 Å². The molecule has 0 heterocycles. The summed E-state index contributed by atoms with van der Waals surface area (Å²) in [5.74, 6) is 0. The van der Waals surface area contributed by atoms with Gasteiger partial charge in [0.05, 0.1) is 12.1 Å². The first-order chi connectivity index (χ1) is 15.0. The zero-order valence-electron chi connectivity index (χ0n) is 18.4. The van der Waals surface area contributed by atoms with Crippen molar-refractivity contribution in [3.63, 3.8) is 0 Å². The van der Waals surface area contributed by atoms with Crippen molar-refractivity contribution in [1.82, 2.24) is 14.3 Å². The van der Waals surface area contributed by atoms with Crippen LogP contribution in [0.1, 0.15) is 48.9 Å². The molecule has 2 aromatic rings. The van der Waals surface area contributed by atoms with Crippen molar-refractivity contribution in [3.05, 3.63) is 95.6 Å². The number of nitrogens with zero attached hydrogens (tertiary/aromatic N) is 1. The zero-order valence-corrected chi connectivity index (χ0v) is 19.2. The Morgan fingerprint density at radius 3 is 2.10 bits per heavy atom. The fourth-order valence-electron chi connectivity index (χ4n) is 3.78. The monoisotopic (exact) mass is 439 g/mol. The minimum Gasteiger partial charge on any atom is -0.308 e. The van der Waals surface area contributed by atoms with Crippen molar-refractivity contribution in [3.8, 4) is 0 Å². The van der Waals surface area contributed by atoms with Gasteiger partial charge < -0.3 is 5.32 Å². The highest BCUT2D eigenvalue weighted by Gasteiger charge is 2.29. The molecule has 0 fully saturated rings. The van der Waals surface area contributed by atoms with E-state index >= 15 is 0 Å². The molecule has 0 aromatic heterocycles. The summed E-state index contributed by atoms with van der Waals surface area (Å²) in [6, 6.07) is 19.2. The van der Waals surface area contributed by atoms with Crippen molar-refractivity contribution < 1.29 is 8.42 Å². The Kier molecular flexibility index (Phi) is 8.60. The molecule has 5 nitrogen and oxygen atoms in total. The molecular weight excluding hydrogens is 406 g/mol. The van der Waals surface area contributed by atoms with E-state index in [1.54, 1.807) is 14.1 Å². The van der Waals surface area contributed by atoms with Crippen molar-refractivity contribution in [2.24, 2.45) is 0 Å². The summed E-state index contributed by atoms with van der Waals surface area (Å²) in [6.45, 7) is 0.799. The Morgan fingerprint density at radius 2 is 1.55 bits per heavy atom. The summed E-state index contributed by atoms with van der Waals surface area (Å²) in [5.41, 5.74) is 3.46. The molecule has 0 saturated heterocycles. The van der Waals surface area contributed by atoms with Crippen LogP contribution in [0.4, 0.5) is 0 Å². The van der Waals surface area contributed by atoms with E-state index in [1.807, 2.05) is 60.7 Å². The van der Waals surface area contributed by atoms with Crippen LogP contribution in [-0.4, -0.2) is 33.4 Å². The van der Waals surface area contributed by atoms with Crippen LogP contribution in [0.25, 0.3) is 0 Å². The zero-order chi connectivity index (χ0) is 22.1. The highest BCUT2D eigenvalue weighted by Crippen LogP contribution is 2.30. The first-order valence-electron chi connectivity index (χ1n) is 10.8. The smallest absolute Gasteiger partial charge is 0.279 e. The molecule has 0 bridgehead atoms. The lowest BCUT2D eigenvalue weighted by Crippen LogP contribution is -2.43. The molecule has 0 saturated carbocycles. The van der Waals surface area contributed by atoms with Crippen molar-refractivity contribution in [1.29, 1.82) is 0 Å². The molecule has 0 amide bonds. The van der Waals surface area contributed by atoms with E-state index in [0.29, 0.717) is 0 Å². The Balaban J connectivity index is 1.83. The van der Waals surface area contributed by atoms with Crippen molar-refractivity contribution in [2.45, 2.75) is 37.8 Å². The van der Waals surface area contributed by atoms with E-state index in [2.05, 4.69) is 28.3 Å². The van der Waals surface area contributed by atoms with Crippen LogP contribution in [0.3, 0.4) is 0 Å². The quantitative estimate of drug-likeness (QED) is 0.507. The topological polar surface area (TPSA) is 61.4 Å². The van der Waals surface area contributed by atoms with Gasteiger partial charge >= 0.3 is 0 Å². The predicted molar refractivity (Wildman–Crippen MR) is 128 cm³/mol. The van der Waals surface area contributed by atoms with Gasteiger partial charge in [-0.3, -0.25) is 0 Å². The lowest BCUT2D eigenvalue weighted by atomic mass is 9.93. The van der Waals surface area contributed by atoms with Crippen LogP contribution >= 0.6 is 0 Å². The summed E-state index contributed by atoms with van der Waals surface area (Å²) in [6.07, 6.45) is 10.9. The minimum atomic E-state index is -3.62. The van der Waals surface area contributed by atoms with E-state index in [-0.39, 0.29) is 6.04 Å². The summed E-state index contributed by atoms with van der Waals surface area (Å²) >= 11 is 0. The number of hydrogen-bond donors (Lipinski definition) is 2. The third-order valence-electron chi connectivity index (χ3n) is 5.55. The maximum absolute atomic E-state index is 12.8. The molecule has 3 rings (SSSR count). The molecule has 2 N–H and O–H groups in total. The Labute approximate surface area is 187 Å². The van der Waals surface area contributed by atoms with Crippen LogP contribution < -0.4 is 10.0 Å². The van der Waals surface area contributed by atoms with Crippen molar-refractivity contribution in [2.75, 3.05) is 20.6 Å². The number of nitrogens with one attached hydrogen (secondary N) is 2. The van der Waals surface area contributed by atoms with Gasteiger partial charge in [0.25, 0.3) is 10.2 Å². The van der Waals surface area contributed by atoms with Gasteiger partial charge in [-0.1, -0.05) is 84.5 Å². The predicted octanol–water partition coefficient (Wildman–Crippen LogP) is 4.51. The van der Waals surface area contributed by atoms with Gasteiger partial charge in [0.15, 0.2) is 0 Å². The number of rotatable bonds is 11. The molecule has 0 radical (unpaired) electrons. The molecule has 6 heteroatoms. The molecule has 31 heavy (non-hydrogen) atoms. The highest BCUT2D eigenvalue weighted by atomic mass is 32.2. The van der Waals surface area contributed by atoms with Gasteiger partial charge in [0, 0.05) is 14.1 Å². The van der Waals surface area contributed by atoms with E-state index in [1.165, 1.54) is 9.88 Å². The number of hydrogen-bond acceptors (Lipinski definition) is 3. The second-order valence-electron chi connectivity index (χ2n) is 8.03. The van der Waals surface area contributed by atoms with Crippen LogP contribution in [0.5, 0.6) is 0 Å². The maximum atomic E-state index is 12.8. The molecule has 166 valence electrons. The largest absolute Gasteiger partial charge is 0.308 e. The average Bonchev–Trinajstić information content (AvgIpc) is 2.80. The first kappa shape index (κ1) is 23.4. The van der Waals surface area contributed by atoms with Gasteiger partial charge in [0.1, 0.15) is 0 Å². The van der Waals surface area contributed by atoms with Crippen LogP contribution in [-0.2, 0) is 10.2 Å². The maximum Gasteiger partial charge on any atom is 0.279 e. The fourth-order valence-corrected chi connectivity index (χ4v) is 4.58. The van der Waals surface area contributed by atoms with Gasteiger partial charge in [0.2, 0.25) is 0 Å². The molecule has 2 atom stereocenters. The standard InChI is InChI=1S/C25H33N3O2S/c1-28(2)31(29,30)27-25(23-18-10-5-11-19-23)24(22-16-8-4-9-17-22)26-20-12-15-21-13-6-3-7-14-21/h3-6,8-11,13,16-19,24-27H,7,12,14-15,20H2,1-2H3. The molecular formula is C25H33N3O2S. The first-order valence-corrected chi connectivity index (χ1v) is 12.3. The van der Waals surface area contributed by atoms with E-state index < -0.39 is 16.3 Å². The summed E-state index contributed by atoms with van der Waals surface area (Å²) in [5, 5.41) is 3.65. The van der Waals surface area contributed by atoms with Gasteiger partial charge in [-0.15, -0.1) is 0 Å². The Bertz CT molecular complexity index is 970. The van der Waals surface area contributed by atoms with E-state index in [9.17, 15) is 8.42 Å². The number of allylic oxidation sites excluding steroid dienone is 4. The fraction of sp³-hybridized carbons (Fsp3) is 0.360. The molecule has 2 unspecified atom stereocenters. The Morgan fingerprint density at radius 1 is 0.935 bits per heavy atom. The van der Waals surface area contributed by atoms with Crippen LogP contribution in [0, 0.1) is 0 Å². The summed E-state index contributed by atoms with van der Waals surface area (Å²) < 4.78 is 29.6. The summed E-state index contributed by atoms with van der Waals surface area (Å²) in [7, 11) is -0.533. The third-order valence-corrected chi connectivity index (χ3v) is 7.06. The van der Waals surface area contributed by atoms with Gasteiger partial charge in [-0.2, -0.15) is 17.4 Å². The van der Waals surface area contributed by atoms with Crippen LogP contribution in [0.2, 0.25) is 0 Å². The van der Waals surface area contributed by atoms with E-state index in [4.69, 9.17) is 0 Å². The third kappa shape index (κ3) is 6.87. The molecule has 0 spiro atoms. The lowest BCUT2D eigenvalue weighted by molar-refractivity contribution is 0.407. The van der Waals surface area contributed by atoms with E-state index in [0.717, 1.165) is 43.4 Å². The second-order valence-corrected chi connectivity index (χ2v) is 9.95. The SMILES string of the molecule is CN(C)S(=O)(=O)NC(c1ccccc1)C(NCCCC1=CC=CCC1)c1ccccc1. The lowest BCUT2D eigenvalue weighted by Gasteiger charge is -2.31. The molecule has 0 aliphatic heterocycles. The van der Waals surface area contributed by atoms with Crippen LogP contribution in [0.15, 0.2) is 84.5 Å². The van der Waals surface area contributed by atoms with Crippen molar-refractivity contribution >= 4 is 10.2 Å². The molecule has 1 aliphatic rings. The highest BCUT2D eigenvalue weighted by molar-refractivity contribution is 7.87. The van der Waals surface area contributed by atoms with Gasteiger partial charge in [-0.05, 0) is 43.4 Å². The normalized spacial score (nSPS) is 16.2. The average molecular weight is 440 g/mol. The Hall–Kier alpha value is -2.25. The number of benzene rings is 2. The second kappa shape index (κ2) is 11.4. The molecule has 2 aromatic carbocycles. The minimum absolute atomic E-state index is 0.196.